The monoisotopic (exact) mass is 330 g/mol. The lowest BCUT2D eigenvalue weighted by Gasteiger charge is -2.21. The zero-order valence-electron chi connectivity index (χ0n) is 14.3. The number of ether oxygens (including phenoxy) is 1. The van der Waals surface area contributed by atoms with Crippen molar-refractivity contribution in [3.63, 3.8) is 0 Å². The van der Waals surface area contributed by atoms with Crippen LogP contribution in [-0.2, 0) is 9.59 Å². The van der Waals surface area contributed by atoms with Crippen LogP contribution in [0.2, 0.25) is 0 Å². The molecule has 1 aromatic carbocycles. The zero-order chi connectivity index (χ0) is 17.0. The maximum atomic E-state index is 12.7. The Morgan fingerprint density at radius 1 is 1.08 bits per heavy atom. The molecule has 0 aliphatic heterocycles. The van der Waals surface area contributed by atoms with E-state index in [-0.39, 0.29) is 17.9 Å². The quantitative estimate of drug-likeness (QED) is 0.643. The average molecular weight is 330 g/mol. The van der Waals surface area contributed by atoms with Crippen molar-refractivity contribution in [2.24, 2.45) is 5.41 Å². The van der Waals surface area contributed by atoms with E-state index in [0.717, 1.165) is 25.7 Å². The normalized spacial score (nSPS) is 19.9. The van der Waals surface area contributed by atoms with Crippen molar-refractivity contribution in [1.82, 2.24) is 5.32 Å². The van der Waals surface area contributed by atoms with Gasteiger partial charge in [-0.25, -0.2) is 0 Å². The molecular weight excluding hydrogens is 304 g/mol. The molecule has 0 atom stereocenters. The van der Waals surface area contributed by atoms with Gasteiger partial charge in [0, 0.05) is 17.8 Å². The highest BCUT2D eigenvalue weighted by atomic mass is 16.5. The number of rotatable bonds is 5. The molecule has 0 heterocycles. The largest absolute Gasteiger partial charge is 0.497 e. The van der Waals surface area contributed by atoms with Crippen LogP contribution >= 0.6 is 0 Å². The second-order valence-electron chi connectivity index (χ2n) is 6.93. The second kappa shape index (κ2) is 7.24. The van der Waals surface area contributed by atoms with Crippen LogP contribution in [0.5, 0.6) is 5.75 Å². The van der Waals surface area contributed by atoms with Crippen LogP contribution in [0.4, 0.5) is 5.69 Å². The highest BCUT2D eigenvalue weighted by molar-refractivity contribution is 6.13. The fourth-order valence-corrected chi connectivity index (χ4v) is 3.38. The number of nitrogens with one attached hydrogen (secondary N) is 2. The molecule has 2 N–H and O–H groups in total. The van der Waals surface area contributed by atoms with Crippen molar-refractivity contribution >= 4 is 17.5 Å². The van der Waals surface area contributed by atoms with Gasteiger partial charge in [-0.15, -0.1) is 0 Å². The summed E-state index contributed by atoms with van der Waals surface area (Å²) in [5.74, 6) is 0.372. The third-order valence-electron chi connectivity index (χ3n) is 5.14. The third-order valence-corrected chi connectivity index (χ3v) is 5.14. The van der Waals surface area contributed by atoms with Gasteiger partial charge >= 0.3 is 0 Å². The molecule has 2 aliphatic carbocycles. The Hall–Kier alpha value is -2.04. The van der Waals surface area contributed by atoms with Crippen molar-refractivity contribution in [2.75, 3.05) is 12.4 Å². The van der Waals surface area contributed by atoms with E-state index in [9.17, 15) is 9.59 Å². The highest BCUT2D eigenvalue weighted by Crippen LogP contribution is 2.47. The maximum Gasteiger partial charge on any atom is 0.240 e. The Balaban J connectivity index is 1.61. The third kappa shape index (κ3) is 3.71. The van der Waals surface area contributed by atoms with Gasteiger partial charge in [-0.2, -0.15) is 0 Å². The van der Waals surface area contributed by atoms with E-state index in [1.807, 2.05) is 12.1 Å². The van der Waals surface area contributed by atoms with E-state index < -0.39 is 5.41 Å². The fraction of sp³-hybridized carbons (Fsp3) is 0.579. The first-order valence-corrected chi connectivity index (χ1v) is 8.90. The first kappa shape index (κ1) is 16.8. The molecule has 3 rings (SSSR count). The molecule has 5 heteroatoms. The van der Waals surface area contributed by atoms with Gasteiger partial charge in [-0.1, -0.05) is 31.7 Å². The first-order chi connectivity index (χ1) is 11.6. The number of benzene rings is 1. The van der Waals surface area contributed by atoms with Crippen LogP contribution in [0.3, 0.4) is 0 Å². The topological polar surface area (TPSA) is 67.4 Å². The van der Waals surface area contributed by atoms with Crippen molar-refractivity contribution in [3.05, 3.63) is 24.3 Å². The minimum Gasteiger partial charge on any atom is -0.497 e. The van der Waals surface area contributed by atoms with Gasteiger partial charge in [0.05, 0.1) is 7.11 Å². The van der Waals surface area contributed by atoms with E-state index in [0.29, 0.717) is 24.3 Å². The van der Waals surface area contributed by atoms with Crippen LogP contribution in [0, 0.1) is 5.41 Å². The van der Waals surface area contributed by atoms with Gasteiger partial charge in [0.1, 0.15) is 11.2 Å². The first-order valence-electron chi connectivity index (χ1n) is 8.90. The van der Waals surface area contributed by atoms with Gasteiger partial charge < -0.3 is 15.4 Å². The predicted octanol–water partition coefficient (Wildman–Crippen LogP) is 3.25. The maximum absolute atomic E-state index is 12.7. The number of anilines is 1. The van der Waals surface area contributed by atoms with Gasteiger partial charge in [0.15, 0.2) is 0 Å². The number of carbonyl (C=O) groups is 2. The zero-order valence-corrected chi connectivity index (χ0v) is 14.3. The summed E-state index contributed by atoms with van der Waals surface area (Å²) in [5.41, 5.74) is -0.219. The van der Waals surface area contributed by atoms with Crippen molar-refractivity contribution < 1.29 is 14.3 Å². The summed E-state index contributed by atoms with van der Waals surface area (Å²) in [5, 5.41) is 6.00. The fourth-order valence-electron chi connectivity index (χ4n) is 3.38. The molecule has 0 radical (unpaired) electrons. The summed E-state index contributed by atoms with van der Waals surface area (Å²) in [6.07, 6.45) is 8.12. The van der Waals surface area contributed by atoms with Crippen LogP contribution in [-0.4, -0.2) is 25.0 Å². The minimum atomic E-state index is -0.880. The van der Waals surface area contributed by atoms with Crippen molar-refractivity contribution in [2.45, 2.75) is 57.4 Å². The number of carbonyl (C=O) groups excluding carboxylic acids is 2. The summed E-state index contributed by atoms with van der Waals surface area (Å²) in [6, 6.07) is 7.43. The van der Waals surface area contributed by atoms with Crippen LogP contribution < -0.4 is 15.4 Å². The van der Waals surface area contributed by atoms with E-state index in [2.05, 4.69) is 10.6 Å². The molecule has 2 amide bonds. The lowest BCUT2D eigenvalue weighted by molar-refractivity contribution is -0.134. The molecule has 2 aliphatic rings. The Morgan fingerprint density at radius 2 is 1.79 bits per heavy atom. The lowest BCUT2D eigenvalue weighted by Crippen LogP contribution is -2.44. The molecule has 0 aromatic heterocycles. The summed E-state index contributed by atoms with van der Waals surface area (Å²) in [7, 11) is 1.59. The number of hydrogen-bond donors (Lipinski definition) is 2. The van der Waals surface area contributed by atoms with Gasteiger partial charge in [0.25, 0.3) is 0 Å². The summed E-state index contributed by atoms with van der Waals surface area (Å²) in [6.45, 7) is 0. The second-order valence-corrected chi connectivity index (χ2v) is 6.93. The van der Waals surface area contributed by atoms with Crippen LogP contribution in [0.25, 0.3) is 0 Å². The molecule has 0 saturated heterocycles. The highest BCUT2D eigenvalue weighted by Gasteiger charge is 2.56. The SMILES string of the molecule is COc1cccc(NC(=O)C2(C(=O)NC3CCCCCC3)CC2)c1. The molecule has 0 unspecified atom stereocenters. The van der Waals surface area contributed by atoms with Crippen molar-refractivity contribution in [1.29, 1.82) is 0 Å². The van der Waals surface area contributed by atoms with Crippen molar-refractivity contribution in [3.8, 4) is 5.75 Å². The molecule has 5 nitrogen and oxygen atoms in total. The van der Waals surface area contributed by atoms with E-state index >= 15 is 0 Å². The van der Waals surface area contributed by atoms with Gasteiger partial charge in [-0.05, 0) is 37.8 Å². The Bertz CT molecular complexity index is 602. The molecule has 1 aromatic rings. The minimum absolute atomic E-state index is 0.102. The predicted molar refractivity (Wildman–Crippen MR) is 92.9 cm³/mol. The Morgan fingerprint density at radius 3 is 2.42 bits per heavy atom. The molecular formula is C19H26N2O3. The Kier molecular flexibility index (Phi) is 5.07. The number of methoxy groups -OCH3 is 1. The van der Waals surface area contributed by atoms with Gasteiger partial charge in [0.2, 0.25) is 11.8 Å². The Labute approximate surface area is 143 Å². The lowest BCUT2D eigenvalue weighted by atomic mass is 10.0. The van der Waals surface area contributed by atoms with Crippen LogP contribution in [0.15, 0.2) is 24.3 Å². The molecule has 0 bridgehead atoms. The standard InChI is InChI=1S/C19H26N2O3/c1-24-16-10-6-9-15(13-16)21-18(23)19(11-12-19)17(22)20-14-7-4-2-3-5-8-14/h6,9-10,13-14H,2-5,7-8,11-12H2,1H3,(H,20,22)(H,21,23). The summed E-state index contributed by atoms with van der Waals surface area (Å²) >= 11 is 0. The van der Waals surface area contributed by atoms with Crippen LogP contribution in [0.1, 0.15) is 51.4 Å². The molecule has 2 saturated carbocycles. The molecule has 130 valence electrons. The van der Waals surface area contributed by atoms with E-state index in [1.165, 1.54) is 12.8 Å². The van der Waals surface area contributed by atoms with Gasteiger partial charge in [-0.3, -0.25) is 9.59 Å². The molecule has 24 heavy (non-hydrogen) atoms. The summed E-state index contributed by atoms with van der Waals surface area (Å²) in [4.78, 5) is 25.3. The van der Waals surface area contributed by atoms with E-state index in [4.69, 9.17) is 4.74 Å². The number of hydrogen-bond acceptors (Lipinski definition) is 3. The van der Waals surface area contributed by atoms with E-state index in [1.54, 1.807) is 19.2 Å². The number of amides is 2. The summed E-state index contributed by atoms with van der Waals surface area (Å²) < 4.78 is 5.17. The average Bonchev–Trinajstić information content (AvgIpc) is 3.40. The smallest absolute Gasteiger partial charge is 0.240 e. The molecule has 2 fully saturated rings. The molecule has 0 spiro atoms.